The third-order valence-corrected chi connectivity index (χ3v) is 2.00. The average Bonchev–Trinajstić information content (AvgIpc) is 2.14. The molecule has 0 bridgehead atoms. The van der Waals surface area contributed by atoms with Crippen molar-refractivity contribution >= 4 is 11.8 Å². The van der Waals surface area contributed by atoms with Gasteiger partial charge in [0, 0.05) is 18.5 Å². The molecule has 0 rings (SSSR count). The fraction of sp³-hybridized carbons (Fsp3) is 0.750. The minimum Gasteiger partial charge on any atom is -0.354 e. The molecule has 0 atom stereocenters. The van der Waals surface area contributed by atoms with Crippen LogP contribution in [0.4, 0.5) is 0 Å². The van der Waals surface area contributed by atoms with Crippen LogP contribution >= 0.6 is 0 Å². The summed E-state index contributed by atoms with van der Waals surface area (Å²) in [5.41, 5.74) is -1.33. The lowest BCUT2D eigenvalue weighted by molar-refractivity contribution is -0.127. The first kappa shape index (κ1) is 15.4. The van der Waals surface area contributed by atoms with Crippen LogP contribution in [0.2, 0.25) is 0 Å². The Labute approximate surface area is 103 Å². The SMILES string of the molecule is CC(C)(C)NC(=O)CCNC(=O)C(C)(C)C#N. The van der Waals surface area contributed by atoms with Crippen LogP contribution in [0.1, 0.15) is 41.0 Å². The minimum absolute atomic E-state index is 0.118. The van der Waals surface area contributed by atoms with E-state index < -0.39 is 5.41 Å². The maximum Gasteiger partial charge on any atom is 0.239 e. The van der Waals surface area contributed by atoms with E-state index in [4.69, 9.17) is 5.26 Å². The number of nitriles is 1. The van der Waals surface area contributed by atoms with Crippen LogP contribution in [-0.4, -0.2) is 23.9 Å². The van der Waals surface area contributed by atoms with Crippen LogP contribution < -0.4 is 10.6 Å². The van der Waals surface area contributed by atoms with Gasteiger partial charge in [-0.2, -0.15) is 5.26 Å². The molecule has 0 aromatic rings. The Morgan fingerprint density at radius 2 is 1.71 bits per heavy atom. The average molecular weight is 239 g/mol. The number of rotatable bonds is 4. The Bertz CT molecular complexity index is 335. The van der Waals surface area contributed by atoms with Gasteiger partial charge in [0.15, 0.2) is 0 Å². The van der Waals surface area contributed by atoms with Crippen LogP contribution in [0.25, 0.3) is 0 Å². The number of hydrogen-bond donors (Lipinski definition) is 2. The van der Waals surface area contributed by atoms with Gasteiger partial charge in [0.25, 0.3) is 0 Å². The van der Waals surface area contributed by atoms with E-state index in [-0.39, 0.29) is 30.3 Å². The van der Waals surface area contributed by atoms with Gasteiger partial charge in [-0.1, -0.05) is 0 Å². The number of carbonyl (C=O) groups excluding carboxylic acids is 2. The minimum atomic E-state index is -1.06. The molecule has 2 amide bonds. The Hall–Kier alpha value is -1.57. The van der Waals surface area contributed by atoms with Gasteiger partial charge in [-0.05, 0) is 34.6 Å². The Balaban J connectivity index is 3.99. The molecule has 0 radical (unpaired) electrons. The van der Waals surface area contributed by atoms with E-state index in [0.29, 0.717) is 0 Å². The maximum atomic E-state index is 11.5. The predicted octanol–water partition coefficient (Wildman–Crippen LogP) is 0.957. The number of carbonyl (C=O) groups is 2. The first-order chi connectivity index (χ1) is 7.58. The number of nitrogens with one attached hydrogen (secondary N) is 2. The zero-order valence-electron chi connectivity index (χ0n) is 11.2. The van der Waals surface area contributed by atoms with Crippen LogP contribution in [0.5, 0.6) is 0 Å². The highest BCUT2D eigenvalue weighted by Gasteiger charge is 2.26. The van der Waals surface area contributed by atoms with E-state index >= 15 is 0 Å². The number of amides is 2. The van der Waals surface area contributed by atoms with E-state index in [1.165, 1.54) is 13.8 Å². The molecule has 17 heavy (non-hydrogen) atoms. The normalized spacial score (nSPS) is 11.5. The zero-order chi connectivity index (χ0) is 13.7. The smallest absolute Gasteiger partial charge is 0.239 e. The second kappa shape index (κ2) is 5.67. The lowest BCUT2D eigenvalue weighted by atomic mass is 9.95. The van der Waals surface area contributed by atoms with Gasteiger partial charge < -0.3 is 10.6 Å². The molecule has 0 saturated carbocycles. The second-order valence-electron chi connectivity index (χ2n) is 5.54. The van der Waals surface area contributed by atoms with Crippen molar-refractivity contribution in [3.05, 3.63) is 0 Å². The molecular weight excluding hydrogens is 218 g/mol. The summed E-state index contributed by atoms with van der Waals surface area (Å²) < 4.78 is 0. The third kappa shape index (κ3) is 6.56. The molecule has 0 heterocycles. The second-order valence-corrected chi connectivity index (χ2v) is 5.54. The summed E-state index contributed by atoms with van der Waals surface area (Å²) >= 11 is 0. The van der Waals surface area contributed by atoms with Crippen molar-refractivity contribution in [3.63, 3.8) is 0 Å². The quantitative estimate of drug-likeness (QED) is 0.766. The van der Waals surface area contributed by atoms with Crippen LogP contribution in [0, 0.1) is 16.7 Å². The molecule has 96 valence electrons. The molecule has 5 heteroatoms. The summed E-state index contributed by atoms with van der Waals surface area (Å²) in [6.07, 6.45) is 0.213. The summed E-state index contributed by atoms with van der Waals surface area (Å²) in [7, 11) is 0. The van der Waals surface area contributed by atoms with E-state index in [1.807, 2.05) is 26.8 Å². The molecule has 0 aliphatic carbocycles. The fourth-order valence-electron chi connectivity index (χ4n) is 1.04. The van der Waals surface area contributed by atoms with Crippen molar-refractivity contribution in [3.8, 4) is 6.07 Å². The molecule has 0 saturated heterocycles. The summed E-state index contributed by atoms with van der Waals surface area (Å²) in [4.78, 5) is 22.9. The predicted molar refractivity (Wildman–Crippen MR) is 64.9 cm³/mol. The lowest BCUT2D eigenvalue weighted by Gasteiger charge is -2.21. The lowest BCUT2D eigenvalue weighted by Crippen LogP contribution is -2.43. The molecule has 0 aromatic heterocycles. The molecule has 0 aromatic carbocycles. The first-order valence-corrected chi connectivity index (χ1v) is 5.59. The summed E-state index contributed by atoms with van der Waals surface area (Å²) in [6, 6.07) is 1.90. The van der Waals surface area contributed by atoms with Crippen LogP contribution in [0.15, 0.2) is 0 Å². The zero-order valence-corrected chi connectivity index (χ0v) is 11.2. The molecule has 0 spiro atoms. The highest BCUT2D eigenvalue weighted by atomic mass is 16.2. The number of nitrogens with zero attached hydrogens (tertiary/aromatic N) is 1. The first-order valence-electron chi connectivity index (χ1n) is 5.59. The molecule has 2 N–H and O–H groups in total. The van der Waals surface area contributed by atoms with Gasteiger partial charge in [0.2, 0.25) is 11.8 Å². The Morgan fingerprint density at radius 1 is 1.18 bits per heavy atom. The van der Waals surface area contributed by atoms with Gasteiger partial charge >= 0.3 is 0 Å². The fourth-order valence-corrected chi connectivity index (χ4v) is 1.04. The van der Waals surface area contributed by atoms with E-state index in [0.717, 1.165) is 0 Å². The standard InChI is InChI=1S/C12H21N3O2/c1-11(2,3)15-9(16)6-7-14-10(17)12(4,5)8-13/h6-7H2,1-5H3,(H,14,17)(H,15,16). The van der Waals surface area contributed by atoms with Crippen molar-refractivity contribution in [1.29, 1.82) is 5.26 Å². The molecule has 0 unspecified atom stereocenters. The van der Waals surface area contributed by atoms with Gasteiger partial charge in [0.05, 0.1) is 6.07 Å². The van der Waals surface area contributed by atoms with Gasteiger partial charge in [-0.25, -0.2) is 0 Å². The van der Waals surface area contributed by atoms with Crippen molar-refractivity contribution < 1.29 is 9.59 Å². The Kier molecular flexibility index (Phi) is 5.14. The third-order valence-electron chi connectivity index (χ3n) is 2.00. The maximum absolute atomic E-state index is 11.5. The van der Waals surface area contributed by atoms with Gasteiger partial charge in [-0.3, -0.25) is 9.59 Å². The summed E-state index contributed by atoms with van der Waals surface area (Å²) in [6.45, 7) is 8.99. The largest absolute Gasteiger partial charge is 0.354 e. The van der Waals surface area contributed by atoms with Crippen molar-refractivity contribution in [2.75, 3.05) is 6.54 Å². The van der Waals surface area contributed by atoms with Gasteiger partial charge in [-0.15, -0.1) is 0 Å². The molecule has 5 nitrogen and oxygen atoms in total. The van der Waals surface area contributed by atoms with Crippen LogP contribution in [-0.2, 0) is 9.59 Å². The van der Waals surface area contributed by atoms with E-state index in [1.54, 1.807) is 0 Å². The monoisotopic (exact) mass is 239 g/mol. The van der Waals surface area contributed by atoms with Crippen molar-refractivity contribution in [1.82, 2.24) is 10.6 Å². The van der Waals surface area contributed by atoms with E-state index in [2.05, 4.69) is 10.6 Å². The summed E-state index contributed by atoms with van der Waals surface area (Å²) in [5, 5.41) is 14.1. The number of hydrogen-bond acceptors (Lipinski definition) is 3. The molecule has 0 fully saturated rings. The van der Waals surface area contributed by atoms with Crippen molar-refractivity contribution in [2.24, 2.45) is 5.41 Å². The highest BCUT2D eigenvalue weighted by molar-refractivity contribution is 5.85. The van der Waals surface area contributed by atoms with E-state index in [9.17, 15) is 9.59 Å². The van der Waals surface area contributed by atoms with Gasteiger partial charge in [0.1, 0.15) is 5.41 Å². The van der Waals surface area contributed by atoms with Crippen LogP contribution in [0.3, 0.4) is 0 Å². The van der Waals surface area contributed by atoms with Crippen molar-refractivity contribution in [2.45, 2.75) is 46.6 Å². The topological polar surface area (TPSA) is 82.0 Å². The summed E-state index contributed by atoms with van der Waals surface area (Å²) in [5.74, 6) is -0.476. The highest BCUT2D eigenvalue weighted by Crippen LogP contribution is 2.12. The molecular formula is C12H21N3O2. The Morgan fingerprint density at radius 3 is 2.12 bits per heavy atom. The molecule has 0 aliphatic heterocycles. The molecule has 0 aliphatic rings.